The normalized spacial score (nSPS) is 16.5. The highest BCUT2D eigenvalue weighted by atomic mass is 16.5. The molecule has 100 valence electrons. The van der Waals surface area contributed by atoms with Crippen molar-refractivity contribution in [2.75, 3.05) is 6.61 Å². The molecule has 2 nitrogen and oxygen atoms in total. The number of benzene rings is 1. The third kappa shape index (κ3) is 2.86. The lowest BCUT2D eigenvalue weighted by Gasteiger charge is -2.28. The second kappa shape index (κ2) is 4.93. The Balaban J connectivity index is 2.22. The quantitative estimate of drug-likeness (QED) is 0.881. The molecule has 1 aliphatic rings. The van der Waals surface area contributed by atoms with E-state index in [1.165, 1.54) is 30.4 Å². The van der Waals surface area contributed by atoms with Crippen molar-refractivity contribution in [3.63, 3.8) is 0 Å². The van der Waals surface area contributed by atoms with Crippen LogP contribution in [0.2, 0.25) is 0 Å². The van der Waals surface area contributed by atoms with Gasteiger partial charge in [0.1, 0.15) is 5.75 Å². The topological polar surface area (TPSA) is 35.2 Å². The van der Waals surface area contributed by atoms with E-state index in [0.717, 1.165) is 23.8 Å². The molecule has 0 amide bonds. The molecule has 1 saturated carbocycles. The molecular formula is C16H25NO. The van der Waals surface area contributed by atoms with Gasteiger partial charge >= 0.3 is 0 Å². The van der Waals surface area contributed by atoms with Gasteiger partial charge in [0.15, 0.2) is 0 Å². The molecule has 0 saturated heterocycles. The maximum Gasteiger partial charge on any atom is 0.124 e. The molecule has 0 radical (unpaired) electrons. The van der Waals surface area contributed by atoms with Gasteiger partial charge in [0, 0.05) is 11.1 Å². The monoisotopic (exact) mass is 247 g/mol. The summed E-state index contributed by atoms with van der Waals surface area (Å²) in [4.78, 5) is 0. The van der Waals surface area contributed by atoms with E-state index in [1.807, 2.05) is 13.8 Å². The third-order valence-corrected chi connectivity index (χ3v) is 3.99. The van der Waals surface area contributed by atoms with Gasteiger partial charge in [-0.05, 0) is 63.6 Å². The van der Waals surface area contributed by atoms with Gasteiger partial charge in [-0.25, -0.2) is 0 Å². The fraction of sp³-hybridized carbons (Fsp3) is 0.625. The predicted octanol–water partition coefficient (Wildman–Crippen LogP) is 3.68. The largest absolute Gasteiger partial charge is 0.493 e. The van der Waals surface area contributed by atoms with Crippen molar-refractivity contribution in [1.29, 1.82) is 0 Å². The first-order chi connectivity index (χ1) is 8.38. The second-order valence-corrected chi connectivity index (χ2v) is 6.26. The Hall–Kier alpha value is -1.02. The number of rotatable bonds is 4. The smallest absolute Gasteiger partial charge is 0.124 e. The fourth-order valence-corrected chi connectivity index (χ4v) is 2.28. The Bertz CT molecular complexity index is 427. The van der Waals surface area contributed by atoms with Crippen molar-refractivity contribution in [2.45, 2.75) is 52.5 Å². The zero-order valence-electron chi connectivity index (χ0n) is 12.0. The van der Waals surface area contributed by atoms with Gasteiger partial charge in [0.05, 0.1) is 6.61 Å². The van der Waals surface area contributed by atoms with Crippen molar-refractivity contribution in [3.8, 4) is 5.75 Å². The van der Waals surface area contributed by atoms with E-state index in [2.05, 4.69) is 26.0 Å². The minimum Gasteiger partial charge on any atom is -0.493 e. The molecule has 1 fully saturated rings. The Morgan fingerprint density at radius 1 is 1.22 bits per heavy atom. The average molecular weight is 247 g/mol. The van der Waals surface area contributed by atoms with E-state index >= 15 is 0 Å². The van der Waals surface area contributed by atoms with Gasteiger partial charge in [0.25, 0.3) is 0 Å². The van der Waals surface area contributed by atoms with E-state index < -0.39 is 0 Å². The summed E-state index contributed by atoms with van der Waals surface area (Å²) >= 11 is 0. The maximum atomic E-state index is 6.25. The number of aryl methyl sites for hydroxylation is 2. The number of nitrogens with two attached hydrogens (primary N) is 1. The second-order valence-electron chi connectivity index (χ2n) is 6.26. The van der Waals surface area contributed by atoms with Gasteiger partial charge in [-0.3, -0.25) is 0 Å². The Morgan fingerprint density at radius 3 is 2.33 bits per heavy atom. The first-order valence-electron chi connectivity index (χ1n) is 6.91. The fourth-order valence-electron chi connectivity index (χ4n) is 2.28. The Morgan fingerprint density at radius 2 is 1.83 bits per heavy atom. The maximum absolute atomic E-state index is 6.25. The van der Waals surface area contributed by atoms with Crippen LogP contribution in [0.5, 0.6) is 5.75 Å². The van der Waals surface area contributed by atoms with Crippen molar-refractivity contribution in [1.82, 2.24) is 0 Å². The van der Waals surface area contributed by atoms with Crippen LogP contribution in [0, 0.1) is 19.8 Å². The van der Waals surface area contributed by atoms with Crippen molar-refractivity contribution >= 4 is 0 Å². The summed E-state index contributed by atoms with van der Waals surface area (Å²) < 4.78 is 6.02. The molecule has 18 heavy (non-hydrogen) atoms. The standard InChI is InChI=1S/C16H25NO/c1-11-8-14(16(3,4)17)15(9-12(11)2)18-10-13-6-5-7-13/h8-9,13H,5-7,10,17H2,1-4H3. The molecule has 0 heterocycles. The zero-order valence-corrected chi connectivity index (χ0v) is 12.0. The van der Waals surface area contributed by atoms with Crippen molar-refractivity contribution < 1.29 is 4.74 Å². The molecule has 1 aromatic carbocycles. The van der Waals surface area contributed by atoms with Crippen LogP contribution < -0.4 is 10.5 Å². The number of hydrogen-bond acceptors (Lipinski definition) is 2. The van der Waals surface area contributed by atoms with Crippen molar-refractivity contribution in [3.05, 3.63) is 28.8 Å². The lowest BCUT2D eigenvalue weighted by Crippen LogP contribution is -2.30. The van der Waals surface area contributed by atoms with E-state index in [0.29, 0.717) is 0 Å². The van der Waals surface area contributed by atoms with Gasteiger partial charge in [-0.2, -0.15) is 0 Å². The van der Waals surface area contributed by atoms with Crippen LogP contribution in [0.3, 0.4) is 0 Å². The van der Waals surface area contributed by atoms with Crippen LogP contribution in [-0.4, -0.2) is 6.61 Å². The van der Waals surface area contributed by atoms with Crippen LogP contribution in [0.15, 0.2) is 12.1 Å². The Labute approximate surface area is 111 Å². The number of hydrogen-bond donors (Lipinski definition) is 1. The molecule has 1 aromatic rings. The van der Waals surface area contributed by atoms with Crippen LogP contribution >= 0.6 is 0 Å². The van der Waals surface area contributed by atoms with Crippen LogP contribution in [0.1, 0.15) is 49.8 Å². The summed E-state index contributed by atoms with van der Waals surface area (Å²) in [5.74, 6) is 1.72. The van der Waals surface area contributed by atoms with Crippen LogP contribution in [0.4, 0.5) is 0 Å². The number of ether oxygens (including phenoxy) is 1. The summed E-state index contributed by atoms with van der Waals surface area (Å²) in [6, 6.07) is 4.31. The van der Waals surface area contributed by atoms with Gasteiger partial charge in [-0.15, -0.1) is 0 Å². The van der Waals surface area contributed by atoms with E-state index in [4.69, 9.17) is 10.5 Å². The van der Waals surface area contributed by atoms with Gasteiger partial charge in [0.2, 0.25) is 0 Å². The highest BCUT2D eigenvalue weighted by molar-refractivity contribution is 5.45. The molecule has 2 rings (SSSR count). The third-order valence-electron chi connectivity index (χ3n) is 3.99. The minimum atomic E-state index is -0.354. The molecule has 0 aliphatic heterocycles. The predicted molar refractivity (Wildman–Crippen MR) is 76.0 cm³/mol. The summed E-state index contributed by atoms with van der Waals surface area (Å²) in [6.07, 6.45) is 3.98. The lowest BCUT2D eigenvalue weighted by atomic mass is 9.86. The summed E-state index contributed by atoms with van der Waals surface area (Å²) in [6.45, 7) is 9.16. The molecule has 0 bridgehead atoms. The summed E-state index contributed by atoms with van der Waals surface area (Å²) in [7, 11) is 0. The zero-order chi connectivity index (χ0) is 13.3. The first kappa shape index (κ1) is 13.4. The highest BCUT2D eigenvalue weighted by Gasteiger charge is 2.23. The van der Waals surface area contributed by atoms with Gasteiger partial charge < -0.3 is 10.5 Å². The summed E-state index contributed by atoms with van der Waals surface area (Å²) in [5, 5.41) is 0. The SMILES string of the molecule is Cc1cc(OCC2CCC2)c(C(C)(C)N)cc1C. The molecule has 0 aromatic heterocycles. The van der Waals surface area contributed by atoms with Crippen LogP contribution in [0.25, 0.3) is 0 Å². The lowest BCUT2D eigenvalue weighted by molar-refractivity contribution is 0.178. The highest BCUT2D eigenvalue weighted by Crippen LogP contribution is 2.33. The molecule has 0 spiro atoms. The van der Waals surface area contributed by atoms with Crippen LogP contribution in [-0.2, 0) is 5.54 Å². The minimum absolute atomic E-state index is 0.354. The van der Waals surface area contributed by atoms with E-state index in [1.54, 1.807) is 0 Å². The molecule has 0 unspecified atom stereocenters. The first-order valence-corrected chi connectivity index (χ1v) is 6.91. The molecule has 0 atom stereocenters. The average Bonchev–Trinajstić information content (AvgIpc) is 2.18. The van der Waals surface area contributed by atoms with E-state index in [-0.39, 0.29) is 5.54 Å². The Kier molecular flexibility index (Phi) is 3.67. The van der Waals surface area contributed by atoms with Crippen molar-refractivity contribution in [2.24, 2.45) is 11.7 Å². The molecular weight excluding hydrogens is 222 g/mol. The summed E-state index contributed by atoms with van der Waals surface area (Å²) in [5.41, 5.74) is 9.56. The van der Waals surface area contributed by atoms with E-state index in [9.17, 15) is 0 Å². The molecule has 2 N–H and O–H groups in total. The molecule has 2 heteroatoms. The van der Waals surface area contributed by atoms with Gasteiger partial charge in [-0.1, -0.05) is 12.5 Å². The molecule has 1 aliphatic carbocycles.